The van der Waals surface area contributed by atoms with E-state index in [0.717, 1.165) is 27.0 Å². The molecule has 1 amide bonds. The van der Waals surface area contributed by atoms with E-state index in [1.54, 1.807) is 7.05 Å². The highest BCUT2D eigenvalue weighted by Crippen LogP contribution is 2.27. The van der Waals surface area contributed by atoms with Crippen molar-refractivity contribution in [3.8, 4) is 5.69 Å². The summed E-state index contributed by atoms with van der Waals surface area (Å²) in [4.78, 5) is 26.8. The van der Waals surface area contributed by atoms with Crippen molar-refractivity contribution in [2.24, 2.45) is 0 Å². The van der Waals surface area contributed by atoms with Crippen LogP contribution in [0, 0.1) is 5.82 Å². The van der Waals surface area contributed by atoms with E-state index < -0.39 is 11.4 Å². The Morgan fingerprint density at radius 2 is 1.83 bits per heavy atom. The Bertz CT molecular complexity index is 1280. The van der Waals surface area contributed by atoms with Crippen molar-refractivity contribution in [2.75, 3.05) is 7.05 Å². The van der Waals surface area contributed by atoms with Crippen molar-refractivity contribution in [2.45, 2.75) is 19.9 Å². The number of furan rings is 1. The molecule has 0 aliphatic heterocycles. The van der Waals surface area contributed by atoms with Gasteiger partial charge in [-0.2, -0.15) is 9.78 Å². The van der Waals surface area contributed by atoms with Gasteiger partial charge in [-0.1, -0.05) is 25.1 Å². The minimum absolute atomic E-state index is 0.118. The molecule has 4 rings (SSSR count). The minimum Gasteiger partial charge on any atom is -0.461 e. The average Bonchev–Trinajstić information content (AvgIpc) is 3.12. The Kier molecular flexibility index (Phi) is 5.18. The predicted octanol–water partition coefficient (Wildman–Crippen LogP) is 3.95. The fourth-order valence-corrected chi connectivity index (χ4v) is 3.41. The predicted molar refractivity (Wildman–Crippen MR) is 111 cm³/mol. The Labute approximate surface area is 172 Å². The summed E-state index contributed by atoms with van der Waals surface area (Å²) in [7, 11) is 1.68. The summed E-state index contributed by atoms with van der Waals surface area (Å²) in [6, 6.07) is 15.7. The number of hydrogen-bond acceptors (Lipinski definition) is 4. The molecule has 2 heterocycles. The smallest absolute Gasteiger partial charge is 0.274 e. The fraction of sp³-hybridized carbons (Fsp3) is 0.174. The van der Waals surface area contributed by atoms with E-state index in [9.17, 15) is 14.0 Å². The largest absolute Gasteiger partial charge is 0.461 e. The van der Waals surface area contributed by atoms with Crippen molar-refractivity contribution < 1.29 is 13.6 Å². The van der Waals surface area contributed by atoms with Crippen LogP contribution >= 0.6 is 0 Å². The van der Waals surface area contributed by atoms with E-state index in [0.29, 0.717) is 18.7 Å². The van der Waals surface area contributed by atoms with Crippen molar-refractivity contribution in [3.05, 3.63) is 93.9 Å². The number of amides is 1. The van der Waals surface area contributed by atoms with Gasteiger partial charge < -0.3 is 9.32 Å². The molecule has 0 saturated carbocycles. The summed E-state index contributed by atoms with van der Waals surface area (Å²) in [5.41, 5.74) is 1.83. The van der Waals surface area contributed by atoms with E-state index in [4.69, 9.17) is 4.42 Å². The van der Waals surface area contributed by atoms with Gasteiger partial charge in [0.15, 0.2) is 0 Å². The number of nitrogens with zero attached hydrogens (tertiary/aromatic N) is 3. The van der Waals surface area contributed by atoms with E-state index in [-0.39, 0.29) is 11.6 Å². The van der Waals surface area contributed by atoms with Crippen LogP contribution in [0.15, 0.2) is 69.9 Å². The highest BCUT2D eigenvalue weighted by atomic mass is 19.1. The van der Waals surface area contributed by atoms with Gasteiger partial charge in [0.25, 0.3) is 11.5 Å². The molecule has 6 nitrogen and oxygen atoms in total. The molecular formula is C23H20FN3O3. The number of aryl methyl sites for hydroxylation is 1. The lowest BCUT2D eigenvalue weighted by Gasteiger charge is -2.17. The lowest BCUT2D eigenvalue weighted by atomic mass is 10.1. The van der Waals surface area contributed by atoms with Gasteiger partial charge in [0.2, 0.25) is 0 Å². The number of fused-ring (bicyclic) bond motifs is 1. The van der Waals surface area contributed by atoms with Crippen LogP contribution in [-0.2, 0) is 13.0 Å². The van der Waals surface area contributed by atoms with Crippen LogP contribution in [0.4, 0.5) is 4.39 Å². The van der Waals surface area contributed by atoms with E-state index in [1.807, 2.05) is 31.2 Å². The topological polar surface area (TPSA) is 68.3 Å². The molecule has 0 fully saturated rings. The summed E-state index contributed by atoms with van der Waals surface area (Å²) in [6.45, 7) is 2.35. The van der Waals surface area contributed by atoms with Gasteiger partial charge in [-0.05, 0) is 36.4 Å². The molecule has 0 aliphatic carbocycles. The number of hydrogen-bond donors (Lipinski definition) is 0. The van der Waals surface area contributed by atoms with Gasteiger partial charge in [-0.25, -0.2) is 4.39 Å². The van der Waals surface area contributed by atoms with Crippen molar-refractivity contribution in [3.63, 3.8) is 0 Å². The maximum absolute atomic E-state index is 13.2. The Hall–Kier alpha value is -3.74. The molecule has 0 N–H and O–H groups in total. The van der Waals surface area contributed by atoms with E-state index in [1.165, 1.54) is 41.3 Å². The number of halogens is 1. The van der Waals surface area contributed by atoms with Crippen molar-refractivity contribution in [1.82, 2.24) is 14.7 Å². The summed E-state index contributed by atoms with van der Waals surface area (Å²) >= 11 is 0. The quantitative estimate of drug-likeness (QED) is 0.504. The molecule has 0 unspecified atom stereocenters. The molecule has 0 bridgehead atoms. The molecule has 4 aromatic rings. The maximum atomic E-state index is 13.2. The number of carbonyl (C=O) groups is 1. The average molecular weight is 405 g/mol. The Balaban J connectivity index is 1.65. The number of benzene rings is 2. The van der Waals surface area contributed by atoms with Crippen LogP contribution in [0.5, 0.6) is 0 Å². The molecule has 2 aromatic heterocycles. The van der Waals surface area contributed by atoms with Crippen LogP contribution in [0.25, 0.3) is 16.7 Å². The highest BCUT2D eigenvalue weighted by Gasteiger charge is 2.20. The van der Waals surface area contributed by atoms with Crippen LogP contribution in [0.1, 0.15) is 28.7 Å². The molecule has 152 valence electrons. The first kappa shape index (κ1) is 19.6. The van der Waals surface area contributed by atoms with E-state index in [2.05, 4.69) is 5.10 Å². The number of carbonyl (C=O) groups excluding carboxylic acids is 1. The minimum atomic E-state index is -0.419. The fourth-order valence-electron chi connectivity index (χ4n) is 3.41. The molecule has 7 heteroatoms. The molecule has 0 saturated heterocycles. The van der Waals surface area contributed by atoms with Gasteiger partial charge >= 0.3 is 0 Å². The molecule has 0 aliphatic rings. The van der Waals surface area contributed by atoms with Crippen LogP contribution < -0.4 is 5.56 Å². The zero-order valence-electron chi connectivity index (χ0n) is 16.6. The van der Waals surface area contributed by atoms with Crippen molar-refractivity contribution >= 4 is 16.9 Å². The second kappa shape index (κ2) is 7.94. The molecule has 0 atom stereocenters. The van der Waals surface area contributed by atoms with Crippen LogP contribution in [-0.4, -0.2) is 27.6 Å². The van der Waals surface area contributed by atoms with Crippen LogP contribution in [0.3, 0.4) is 0 Å². The van der Waals surface area contributed by atoms with Gasteiger partial charge in [-0.15, -0.1) is 0 Å². The SMILES string of the molecule is CCc1oc2ccccc2c1CN(C)C(=O)c1ccc(=O)n(-c2ccc(F)cc2)n1. The van der Waals surface area contributed by atoms with Crippen molar-refractivity contribution in [1.29, 1.82) is 0 Å². The summed E-state index contributed by atoms with van der Waals surface area (Å²) in [6.07, 6.45) is 0.708. The lowest BCUT2D eigenvalue weighted by Crippen LogP contribution is -2.30. The summed E-state index contributed by atoms with van der Waals surface area (Å²) in [5, 5.41) is 5.17. The normalized spacial score (nSPS) is 11.0. The third kappa shape index (κ3) is 3.61. The first-order valence-corrected chi connectivity index (χ1v) is 9.59. The maximum Gasteiger partial charge on any atom is 0.274 e. The monoisotopic (exact) mass is 405 g/mol. The molecule has 2 aromatic carbocycles. The number of para-hydroxylation sites is 1. The molecular weight excluding hydrogens is 385 g/mol. The first-order valence-electron chi connectivity index (χ1n) is 9.59. The highest BCUT2D eigenvalue weighted by molar-refractivity contribution is 5.92. The van der Waals surface area contributed by atoms with Gasteiger partial charge in [0, 0.05) is 37.0 Å². The van der Waals surface area contributed by atoms with Crippen LogP contribution in [0.2, 0.25) is 0 Å². The molecule has 0 radical (unpaired) electrons. The number of aromatic nitrogens is 2. The molecule has 0 spiro atoms. The van der Waals surface area contributed by atoms with Gasteiger partial charge in [0.1, 0.15) is 22.9 Å². The third-order valence-electron chi connectivity index (χ3n) is 4.94. The van der Waals surface area contributed by atoms with Gasteiger partial charge in [-0.3, -0.25) is 9.59 Å². The first-order chi connectivity index (χ1) is 14.5. The third-order valence-corrected chi connectivity index (χ3v) is 4.94. The second-order valence-corrected chi connectivity index (χ2v) is 6.96. The standard InChI is InChI=1S/C23H20FN3O3/c1-3-20-18(17-6-4-5-7-21(17)30-20)14-26(2)23(29)19-12-13-22(28)27(25-19)16-10-8-15(24)9-11-16/h4-13H,3,14H2,1-2H3. The number of rotatable bonds is 5. The Morgan fingerprint density at radius 3 is 2.57 bits per heavy atom. The summed E-state index contributed by atoms with van der Waals surface area (Å²) in [5.74, 6) is 0.0797. The zero-order valence-corrected chi connectivity index (χ0v) is 16.6. The van der Waals surface area contributed by atoms with E-state index >= 15 is 0 Å². The zero-order chi connectivity index (χ0) is 21.3. The molecule has 30 heavy (non-hydrogen) atoms. The summed E-state index contributed by atoms with van der Waals surface area (Å²) < 4.78 is 20.2. The Morgan fingerprint density at radius 1 is 1.10 bits per heavy atom. The second-order valence-electron chi connectivity index (χ2n) is 6.96. The lowest BCUT2D eigenvalue weighted by molar-refractivity contribution is 0.0777. The van der Waals surface area contributed by atoms with Gasteiger partial charge in [0.05, 0.1) is 5.69 Å².